The van der Waals surface area contributed by atoms with Crippen molar-refractivity contribution in [2.45, 2.75) is 56.0 Å². The molecule has 3 N–H and O–H groups in total. The highest BCUT2D eigenvalue weighted by atomic mass is 32.2. The molecule has 1 aromatic carbocycles. The molecule has 1 aliphatic carbocycles. The van der Waals surface area contributed by atoms with Crippen LogP contribution >= 0.6 is 0 Å². The molecule has 2 amide bonds. The molecule has 0 spiro atoms. The second kappa shape index (κ2) is 8.31. The van der Waals surface area contributed by atoms with Crippen LogP contribution in [-0.4, -0.2) is 27.5 Å². The number of benzene rings is 1. The zero-order chi connectivity index (χ0) is 16.7. The van der Waals surface area contributed by atoms with Gasteiger partial charge in [-0.3, -0.25) is 0 Å². The summed E-state index contributed by atoms with van der Waals surface area (Å²) in [5.74, 6) is 0. The maximum atomic E-state index is 12.0. The molecule has 0 unspecified atom stereocenters. The van der Waals surface area contributed by atoms with Gasteiger partial charge >= 0.3 is 6.03 Å². The average molecular weight is 339 g/mol. The van der Waals surface area contributed by atoms with Crippen molar-refractivity contribution in [1.29, 1.82) is 0 Å². The molecule has 23 heavy (non-hydrogen) atoms. The van der Waals surface area contributed by atoms with Crippen molar-refractivity contribution in [1.82, 2.24) is 15.4 Å². The smallest absolute Gasteiger partial charge is 0.315 e. The van der Waals surface area contributed by atoms with Crippen molar-refractivity contribution in [3.8, 4) is 0 Å². The van der Waals surface area contributed by atoms with E-state index in [4.69, 9.17) is 0 Å². The Kier molecular flexibility index (Phi) is 6.41. The molecule has 0 radical (unpaired) electrons. The van der Waals surface area contributed by atoms with Crippen molar-refractivity contribution < 1.29 is 13.2 Å². The predicted molar refractivity (Wildman–Crippen MR) is 89.5 cm³/mol. The summed E-state index contributed by atoms with van der Waals surface area (Å²) >= 11 is 0. The highest BCUT2D eigenvalue weighted by molar-refractivity contribution is 7.89. The van der Waals surface area contributed by atoms with Crippen molar-refractivity contribution in [2.75, 3.05) is 7.05 Å². The minimum absolute atomic E-state index is 0.196. The summed E-state index contributed by atoms with van der Waals surface area (Å²) in [6, 6.07) is 6.61. The predicted octanol–water partition coefficient (Wildman–Crippen LogP) is 2.12. The Hall–Kier alpha value is -1.60. The van der Waals surface area contributed by atoms with E-state index in [1.807, 2.05) is 0 Å². The lowest BCUT2D eigenvalue weighted by atomic mass is 10.1. The normalized spacial score (nSPS) is 16.6. The highest BCUT2D eigenvalue weighted by Gasteiger charge is 2.15. The van der Waals surface area contributed by atoms with Gasteiger partial charge in [0.15, 0.2) is 0 Å². The molecule has 2 rings (SSSR count). The van der Waals surface area contributed by atoms with Crippen LogP contribution in [0.25, 0.3) is 0 Å². The van der Waals surface area contributed by atoms with E-state index in [0.717, 1.165) is 31.2 Å². The first-order valence-corrected chi connectivity index (χ1v) is 9.56. The monoisotopic (exact) mass is 339 g/mol. The molecule has 128 valence electrons. The summed E-state index contributed by atoms with van der Waals surface area (Å²) in [6.45, 7) is 0.297. The van der Waals surface area contributed by atoms with E-state index < -0.39 is 10.0 Å². The Morgan fingerprint density at radius 1 is 1.17 bits per heavy atom. The minimum Gasteiger partial charge on any atom is -0.335 e. The van der Waals surface area contributed by atoms with Gasteiger partial charge in [0.05, 0.1) is 4.90 Å². The van der Waals surface area contributed by atoms with Gasteiger partial charge in [0, 0.05) is 12.6 Å². The largest absolute Gasteiger partial charge is 0.335 e. The van der Waals surface area contributed by atoms with Gasteiger partial charge in [0.1, 0.15) is 0 Å². The van der Waals surface area contributed by atoms with E-state index in [9.17, 15) is 13.2 Å². The van der Waals surface area contributed by atoms with Crippen LogP contribution in [0.15, 0.2) is 29.2 Å². The number of urea groups is 1. The van der Waals surface area contributed by atoms with Gasteiger partial charge in [-0.05, 0) is 37.6 Å². The molecular weight excluding hydrogens is 314 g/mol. The number of hydrogen-bond donors (Lipinski definition) is 3. The summed E-state index contributed by atoms with van der Waals surface area (Å²) in [6.07, 6.45) is 6.87. The fourth-order valence-electron chi connectivity index (χ4n) is 2.78. The van der Waals surface area contributed by atoms with Gasteiger partial charge in [0.2, 0.25) is 10.0 Å². The van der Waals surface area contributed by atoms with Gasteiger partial charge in [-0.25, -0.2) is 17.9 Å². The van der Waals surface area contributed by atoms with Crippen LogP contribution in [0.3, 0.4) is 0 Å². The number of carbonyl (C=O) groups is 1. The van der Waals surface area contributed by atoms with Crippen LogP contribution < -0.4 is 15.4 Å². The molecule has 0 aromatic heterocycles. The number of amides is 2. The molecule has 1 saturated carbocycles. The van der Waals surface area contributed by atoms with E-state index in [2.05, 4.69) is 15.4 Å². The molecule has 0 heterocycles. The van der Waals surface area contributed by atoms with Crippen molar-refractivity contribution in [2.24, 2.45) is 0 Å². The number of rotatable bonds is 5. The van der Waals surface area contributed by atoms with Gasteiger partial charge in [0.25, 0.3) is 0 Å². The second-order valence-corrected chi connectivity index (χ2v) is 7.76. The van der Waals surface area contributed by atoms with Crippen LogP contribution in [0.1, 0.15) is 44.1 Å². The van der Waals surface area contributed by atoms with Crippen molar-refractivity contribution >= 4 is 16.1 Å². The summed E-state index contributed by atoms with van der Waals surface area (Å²) in [5.41, 5.74) is 0.748. The first-order valence-electron chi connectivity index (χ1n) is 8.08. The molecule has 6 nitrogen and oxygen atoms in total. The average Bonchev–Trinajstić information content (AvgIpc) is 2.82. The summed E-state index contributed by atoms with van der Waals surface area (Å²) in [7, 11) is -2.09. The van der Waals surface area contributed by atoms with Gasteiger partial charge in [-0.1, -0.05) is 37.8 Å². The number of sulfonamides is 1. The van der Waals surface area contributed by atoms with E-state index in [0.29, 0.717) is 6.54 Å². The third-order valence-electron chi connectivity index (χ3n) is 4.12. The molecule has 0 aliphatic heterocycles. The Balaban J connectivity index is 1.87. The van der Waals surface area contributed by atoms with E-state index in [-0.39, 0.29) is 17.0 Å². The Bertz CT molecular complexity index is 623. The minimum atomic E-state index is -3.46. The standard InChI is InChI=1S/C16H25N3O3S/c1-17-23(21,22)15-10-6-7-13(11-15)12-18-16(20)19-14-8-4-2-3-5-9-14/h6-7,10-11,14,17H,2-5,8-9,12H2,1H3,(H2,18,19,20). The van der Waals surface area contributed by atoms with Crippen LogP contribution in [0.2, 0.25) is 0 Å². The molecule has 1 fully saturated rings. The second-order valence-electron chi connectivity index (χ2n) is 5.87. The zero-order valence-electron chi connectivity index (χ0n) is 13.5. The van der Waals surface area contributed by atoms with E-state index in [1.165, 1.54) is 26.0 Å². The Morgan fingerprint density at radius 3 is 2.52 bits per heavy atom. The van der Waals surface area contributed by atoms with Gasteiger partial charge < -0.3 is 10.6 Å². The topological polar surface area (TPSA) is 87.3 Å². The quantitative estimate of drug-likeness (QED) is 0.718. The van der Waals surface area contributed by atoms with Gasteiger partial charge in [-0.2, -0.15) is 0 Å². The summed E-state index contributed by atoms with van der Waals surface area (Å²) in [5, 5.41) is 5.80. The molecule has 1 aromatic rings. The fourth-order valence-corrected chi connectivity index (χ4v) is 3.58. The molecule has 7 heteroatoms. The number of nitrogens with one attached hydrogen (secondary N) is 3. The lowest BCUT2D eigenvalue weighted by Crippen LogP contribution is -2.41. The number of hydrogen-bond acceptors (Lipinski definition) is 3. The van der Waals surface area contributed by atoms with Crippen molar-refractivity contribution in [3.63, 3.8) is 0 Å². The lowest BCUT2D eigenvalue weighted by Gasteiger charge is -2.16. The van der Waals surface area contributed by atoms with Crippen LogP contribution in [0.5, 0.6) is 0 Å². The third kappa shape index (κ3) is 5.51. The number of carbonyl (C=O) groups excluding carboxylic acids is 1. The lowest BCUT2D eigenvalue weighted by molar-refractivity contribution is 0.235. The molecule has 0 saturated heterocycles. The summed E-state index contributed by atoms with van der Waals surface area (Å²) < 4.78 is 25.8. The van der Waals surface area contributed by atoms with Gasteiger partial charge in [-0.15, -0.1) is 0 Å². The van der Waals surface area contributed by atoms with Crippen molar-refractivity contribution in [3.05, 3.63) is 29.8 Å². The SMILES string of the molecule is CNS(=O)(=O)c1cccc(CNC(=O)NC2CCCCCC2)c1. The maximum Gasteiger partial charge on any atom is 0.315 e. The highest BCUT2D eigenvalue weighted by Crippen LogP contribution is 2.17. The Labute approximate surface area is 138 Å². The fraction of sp³-hybridized carbons (Fsp3) is 0.562. The third-order valence-corrected chi connectivity index (χ3v) is 5.53. The van der Waals surface area contributed by atoms with Crippen LogP contribution in [-0.2, 0) is 16.6 Å². The van der Waals surface area contributed by atoms with Crippen LogP contribution in [0, 0.1) is 0 Å². The molecule has 0 bridgehead atoms. The zero-order valence-corrected chi connectivity index (χ0v) is 14.3. The van der Waals surface area contributed by atoms with E-state index >= 15 is 0 Å². The molecular formula is C16H25N3O3S. The van der Waals surface area contributed by atoms with Crippen LogP contribution in [0.4, 0.5) is 4.79 Å². The first kappa shape index (κ1) is 17.7. The molecule has 0 atom stereocenters. The molecule has 1 aliphatic rings. The first-order chi connectivity index (χ1) is 11.0. The van der Waals surface area contributed by atoms with E-state index in [1.54, 1.807) is 18.2 Å². The maximum absolute atomic E-state index is 12.0. The summed E-state index contributed by atoms with van der Waals surface area (Å²) in [4.78, 5) is 12.2. The Morgan fingerprint density at radius 2 is 1.87 bits per heavy atom.